The summed E-state index contributed by atoms with van der Waals surface area (Å²) in [5, 5.41) is 8.34. The molecule has 1 amide bonds. The van der Waals surface area contributed by atoms with Crippen LogP contribution in [0, 0.1) is 12.8 Å². The van der Waals surface area contributed by atoms with Gasteiger partial charge in [0.15, 0.2) is 6.29 Å². The molecular weight excluding hydrogens is 394 g/mol. The van der Waals surface area contributed by atoms with Crippen molar-refractivity contribution in [2.45, 2.75) is 26.1 Å². The summed E-state index contributed by atoms with van der Waals surface area (Å²) in [6.45, 7) is 4.71. The van der Waals surface area contributed by atoms with Gasteiger partial charge in [-0.2, -0.15) is 0 Å². The van der Waals surface area contributed by atoms with Crippen LogP contribution in [0.4, 0.5) is 0 Å². The first-order valence-corrected chi connectivity index (χ1v) is 10.7. The largest absolute Gasteiger partial charge is 0.416 e. The molecule has 1 aromatic heterocycles. The molecule has 0 spiro atoms. The number of carbonyl (C=O) groups excluding carboxylic acids is 1. The Balaban J connectivity index is 1.28. The molecule has 7 heteroatoms. The molecule has 2 aromatic carbocycles. The summed E-state index contributed by atoms with van der Waals surface area (Å²) in [5.74, 6) is 1.18. The summed E-state index contributed by atoms with van der Waals surface area (Å²) in [6.07, 6.45) is 1.80. The number of nitrogens with zero attached hydrogens (tertiary/aromatic N) is 3. The van der Waals surface area contributed by atoms with Crippen LogP contribution in [0.1, 0.15) is 28.8 Å². The second-order valence-corrected chi connectivity index (χ2v) is 8.12. The van der Waals surface area contributed by atoms with E-state index in [0.717, 1.165) is 36.1 Å². The topological polar surface area (TPSA) is 77.7 Å². The maximum Gasteiger partial charge on any atom is 0.253 e. The van der Waals surface area contributed by atoms with Gasteiger partial charge in [-0.1, -0.05) is 17.7 Å². The number of aryl methyl sites for hydroxylation is 1. The second-order valence-electron chi connectivity index (χ2n) is 8.12. The smallest absolute Gasteiger partial charge is 0.253 e. The van der Waals surface area contributed by atoms with Crippen molar-refractivity contribution in [1.29, 1.82) is 0 Å². The number of hydrogen-bond acceptors (Lipinski definition) is 6. The molecule has 5 rings (SSSR count). The van der Waals surface area contributed by atoms with Crippen molar-refractivity contribution in [3.8, 4) is 22.9 Å². The molecule has 0 aliphatic carbocycles. The zero-order chi connectivity index (χ0) is 21.2. The molecule has 160 valence electrons. The van der Waals surface area contributed by atoms with Crippen LogP contribution in [0.2, 0.25) is 0 Å². The highest BCUT2D eigenvalue weighted by Crippen LogP contribution is 2.27. The SMILES string of the molecule is Cc1cccc(-c2nnc(-c3ccc(C(=O)N4CCCC(C5OCCO5)C4)cc3)o2)c1. The van der Waals surface area contributed by atoms with E-state index in [1.165, 1.54) is 0 Å². The van der Waals surface area contributed by atoms with Crippen molar-refractivity contribution in [1.82, 2.24) is 15.1 Å². The highest BCUT2D eigenvalue weighted by molar-refractivity contribution is 5.94. The van der Waals surface area contributed by atoms with Crippen LogP contribution in [0.3, 0.4) is 0 Å². The molecule has 7 nitrogen and oxygen atoms in total. The molecule has 2 aliphatic rings. The molecule has 1 atom stereocenters. The van der Waals surface area contributed by atoms with Crippen LogP contribution in [0.15, 0.2) is 52.9 Å². The van der Waals surface area contributed by atoms with Crippen LogP contribution in [0.5, 0.6) is 0 Å². The first kappa shape index (κ1) is 19.9. The average molecular weight is 419 g/mol. The van der Waals surface area contributed by atoms with E-state index < -0.39 is 0 Å². The number of ether oxygens (including phenoxy) is 2. The fourth-order valence-corrected chi connectivity index (χ4v) is 4.24. The third-order valence-electron chi connectivity index (χ3n) is 5.85. The lowest BCUT2D eigenvalue weighted by molar-refractivity contribution is -0.0969. The Morgan fingerprint density at radius 2 is 1.74 bits per heavy atom. The molecular formula is C24H25N3O4. The Bertz CT molecular complexity index is 1060. The maximum atomic E-state index is 13.0. The Kier molecular flexibility index (Phi) is 5.53. The monoisotopic (exact) mass is 419 g/mol. The molecule has 2 saturated heterocycles. The Morgan fingerprint density at radius 3 is 2.48 bits per heavy atom. The third kappa shape index (κ3) is 4.24. The van der Waals surface area contributed by atoms with Gasteiger partial charge >= 0.3 is 0 Å². The second kappa shape index (κ2) is 8.61. The van der Waals surface area contributed by atoms with Gasteiger partial charge in [-0.25, -0.2) is 0 Å². The van der Waals surface area contributed by atoms with E-state index in [-0.39, 0.29) is 18.1 Å². The summed E-state index contributed by atoms with van der Waals surface area (Å²) < 4.78 is 17.1. The molecule has 0 N–H and O–H groups in total. The average Bonchev–Trinajstić information content (AvgIpc) is 3.52. The predicted octanol–water partition coefficient (Wildman–Crippen LogP) is 3.94. The lowest BCUT2D eigenvalue weighted by Gasteiger charge is -2.34. The van der Waals surface area contributed by atoms with Crippen LogP contribution in [-0.4, -0.2) is 53.6 Å². The van der Waals surface area contributed by atoms with Crippen molar-refractivity contribution in [2.24, 2.45) is 5.92 Å². The summed E-state index contributed by atoms with van der Waals surface area (Å²) in [7, 11) is 0. The van der Waals surface area contributed by atoms with Gasteiger partial charge in [0.05, 0.1) is 13.2 Å². The van der Waals surface area contributed by atoms with Gasteiger partial charge in [0.2, 0.25) is 11.8 Å². The normalized spacial score (nSPS) is 19.6. The van der Waals surface area contributed by atoms with E-state index in [1.807, 2.05) is 60.4 Å². The fraction of sp³-hybridized carbons (Fsp3) is 0.375. The van der Waals surface area contributed by atoms with Gasteiger partial charge < -0.3 is 18.8 Å². The standard InChI is InChI=1S/C24H25N3O4/c1-16-4-2-5-19(14-16)22-26-25-21(31-22)17-7-9-18(10-8-17)23(28)27-11-3-6-20(15-27)24-29-12-13-30-24/h2,4-5,7-10,14,20,24H,3,6,11-13,15H2,1H3. The predicted molar refractivity (Wildman–Crippen MR) is 114 cm³/mol. The summed E-state index contributed by atoms with van der Waals surface area (Å²) in [4.78, 5) is 14.9. The lowest BCUT2D eigenvalue weighted by atomic mass is 9.96. The Labute approximate surface area is 181 Å². The minimum Gasteiger partial charge on any atom is -0.416 e. The highest BCUT2D eigenvalue weighted by atomic mass is 16.7. The molecule has 0 saturated carbocycles. The first-order chi connectivity index (χ1) is 15.2. The number of likely N-dealkylation sites (tertiary alicyclic amines) is 1. The molecule has 0 bridgehead atoms. The molecule has 2 fully saturated rings. The summed E-state index contributed by atoms with van der Waals surface area (Å²) in [5.41, 5.74) is 3.45. The molecule has 1 unspecified atom stereocenters. The van der Waals surface area contributed by atoms with E-state index in [9.17, 15) is 4.79 Å². The summed E-state index contributed by atoms with van der Waals surface area (Å²) in [6, 6.07) is 15.3. The number of rotatable bonds is 4. The van der Waals surface area contributed by atoms with Crippen LogP contribution >= 0.6 is 0 Å². The van der Waals surface area contributed by atoms with Crippen molar-refractivity contribution in [3.63, 3.8) is 0 Å². The van der Waals surface area contributed by atoms with Crippen molar-refractivity contribution >= 4 is 5.91 Å². The van der Waals surface area contributed by atoms with E-state index in [0.29, 0.717) is 37.1 Å². The zero-order valence-corrected chi connectivity index (χ0v) is 17.5. The van der Waals surface area contributed by atoms with Crippen LogP contribution in [-0.2, 0) is 9.47 Å². The third-order valence-corrected chi connectivity index (χ3v) is 5.85. The van der Waals surface area contributed by atoms with Gasteiger partial charge in [-0.05, 0) is 56.2 Å². The number of piperidine rings is 1. The van der Waals surface area contributed by atoms with Crippen molar-refractivity contribution in [3.05, 3.63) is 59.7 Å². The molecule has 31 heavy (non-hydrogen) atoms. The first-order valence-electron chi connectivity index (χ1n) is 10.7. The van der Waals surface area contributed by atoms with E-state index in [1.54, 1.807) is 0 Å². The van der Waals surface area contributed by atoms with Crippen LogP contribution < -0.4 is 0 Å². The Hall–Kier alpha value is -3.03. The number of benzene rings is 2. The van der Waals surface area contributed by atoms with Gasteiger partial charge in [-0.15, -0.1) is 10.2 Å². The number of aromatic nitrogens is 2. The van der Waals surface area contributed by atoms with Gasteiger partial charge in [-0.3, -0.25) is 4.79 Å². The minimum atomic E-state index is -0.182. The van der Waals surface area contributed by atoms with Gasteiger partial charge in [0, 0.05) is 35.7 Å². The van der Waals surface area contributed by atoms with Gasteiger partial charge in [0.25, 0.3) is 5.91 Å². The number of amides is 1. The number of hydrogen-bond donors (Lipinski definition) is 0. The molecule has 2 aliphatic heterocycles. The minimum absolute atomic E-state index is 0.0280. The van der Waals surface area contributed by atoms with Crippen molar-refractivity contribution in [2.75, 3.05) is 26.3 Å². The van der Waals surface area contributed by atoms with E-state index in [2.05, 4.69) is 10.2 Å². The lowest BCUT2D eigenvalue weighted by Crippen LogP contribution is -2.43. The molecule has 3 heterocycles. The van der Waals surface area contributed by atoms with Crippen LogP contribution in [0.25, 0.3) is 22.9 Å². The zero-order valence-electron chi connectivity index (χ0n) is 17.5. The quantitative estimate of drug-likeness (QED) is 0.638. The molecule has 3 aromatic rings. The van der Waals surface area contributed by atoms with E-state index >= 15 is 0 Å². The summed E-state index contributed by atoms with van der Waals surface area (Å²) >= 11 is 0. The van der Waals surface area contributed by atoms with Gasteiger partial charge in [0.1, 0.15) is 0 Å². The van der Waals surface area contributed by atoms with E-state index in [4.69, 9.17) is 13.9 Å². The number of carbonyl (C=O) groups is 1. The fourth-order valence-electron chi connectivity index (χ4n) is 4.24. The van der Waals surface area contributed by atoms with Crippen molar-refractivity contribution < 1.29 is 18.7 Å². The Morgan fingerprint density at radius 1 is 1.00 bits per heavy atom. The highest BCUT2D eigenvalue weighted by Gasteiger charge is 2.33. The maximum absolute atomic E-state index is 13.0. The molecule has 0 radical (unpaired) electrons.